The molecule has 1 aliphatic heterocycles. The maximum atomic E-state index is 12.1. The van der Waals surface area contributed by atoms with Crippen molar-refractivity contribution < 1.29 is 14.3 Å². The molecule has 0 amide bonds. The minimum Gasteiger partial charge on any atom is -0.458 e. The summed E-state index contributed by atoms with van der Waals surface area (Å²) in [4.78, 5) is 24.2. The molecule has 3 heteroatoms. The predicted octanol–water partition coefficient (Wildman–Crippen LogP) is 4.39. The summed E-state index contributed by atoms with van der Waals surface area (Å²) in [5, 5.41) is 0. The zero-order valence-electron chi connectivity index (χ0n) is 16.2. The van der Waals surface area contributed by atoms with E-state index >= 15 is 0 Å². The van der Waals surface area contributed by atoms with E-state index < -0.39 is 0 Å². The van der Waals surface area contributed by atoms with Crippen LogP contribution in [0.1, 0.15) is 71.6 Å². The molecule has 10 atom stereocenters. The number of fused-ring (bicyclic) bond motifs is 9. The van der Waals surface area contributed by atoms with Gasteiger partial charge in [-0.3, -0.25) is 9.59 Å². The van der Waals surface area contributed by atoms with Crippen LogP contribution in [-0.4, -0.2) is 17.4 Å². The minimum absolute atomic E-state index is 0.0413. The van der Waals surface area contributed by atoms with Crippen molar-refractivity contribution in [1.29, 1.82) is 0 Å². The number of esters is 1. The van der Waals surface area contributed by atoms with Gasteiger partial charge in [-0.05, 0) is 85.9 Å². The Bertz CT molecular complexity index is 685. The molecule has 1 saturated heterocycles. The lowest BCUT2D eigenvalue weighted by molar-refractivity contribution is -0.174. The maximum Gasteiger partial charge on any atom is 0.306 e. The second kappa shape index (κ2) is 4.94. The van der Waals surface area contributed by atoms with Crippen molar-refractivity contribution in [3.63, 3.8) is 0 Å². The van der Waals surface area contributed by atoms with Gasteiger partial charge in [0.25, 0.3) is 0 Å². The van der Waals surface area contributed by atoms with Crippen LogP contribution in [0.3, 0.4) is 0 Å². The molecule has 142 valence electrons. The topological polar surface area (TPSA) is 43.4 Å². The van der Waals surface area contributed by atoms with Crippen LogP contribution in [0.5, 0.6) is 0 Å². The lowest BCUT2D eigenvalue weighted by atomic mass is 9.49. The van der Waals surface area contributed by atoms with Gasteiger partial charge in [-0.1, -0.05) is 13.8 Å². The van der Waals surface area contributed by atoms with E-state index in [1.165, 1.54) is 25.7 Å². The van der Waals surface area contributed by atoms with Crippen molar-refractivity contribution >= 4 is 11.8 Å². The molecular weight excluding hydrogens is 324 g/mol. The van der Waals surface area contributed by atoms with Gasteiger partial charge >= 0.3 is 5.97 Å². The van der Waals surface area contributed by atoms with Crippen molar-refractivity contribution in [3.05, 3.63) is 0 Å². The number of Topliss-reactive ketones (excluding diaryl/α,β-unsaturated/α-hetero) is 1. The first-order valence-corrected chi connectivity index (χ1v) is 11.2. The standard InChI is InChI=1S/C23H32O3/c1-12-9-19-21-15(5-7-22(19,2)23(12)8-6-20(25)26-23)14-4-3-13(24)10-16(14)17-11-18(17)21/h12,14-19,21H,3-11H2,1-2H3/t12-,14?,15?,16?,17?,18+,19?,21?,22?,23?/m1/s1. The van der Waals surface area contributed by atoms with E-state index in [-0.39, 0.29) is 17.0 Å². The second-order valence-electron chi connectivity index (χ2n) is 11.0. The van der Waals surface area contributed by atoms with Crippen LogP contribution in [0.15, 0.2) is 0 Å². The van der Waals surface area contributed by atoms with Gasteiger partial charge in [0.15, 0.2) is 0 Å². The molecule has 0 bridgehead atoms. The number of ketones is 1. The lowest BCUT2D eigenvalue weighted by Gasteiger charge is -2.56. The van der Waals surface area contributed by atoms with Gasteiger partial charge in [0, 0.05) is 24.7 Å². The van der Waals surface area contributed by atoms with Gasteiger partial charge in [0.2, 0.25) is 0 Å². The molecule has 1 heterocycles. The fraction of sp³-hybridized carbons (Fsp3) is 0.913. The number of carbonyl (C=O) groups excluding carboxylic acids is 2. The highest BCUT2D eigenvalue weighted by Gasteiger charge is 2.72. The van der Waals surface area contributed by atoms with E-state index in [1.54, 1.807) is 0 Å². The molecule has 8 unspecified atom stereocenters. The summed E-state index contributed by atoms with van der Waals surface area (Å²) in [6.45, 7) is 4.83. The van der Waals surface area contributed by atoms with Crippen LogP contribution in [-0.2, 0) is 14.3 Å². The summed E-state index contributed by atoms with van der Waals surface area (Å²) >= 11 is 0. The maximum absolute atomic E-state index is 12.1. The Kier molecular flexibility index (Phi) is 3.07. The summed E-state index contributed by atoms with van der Waals surface area (Å²) < 4.78 is 6.16. The van der Waals surface area contributed by atoms with Gasteiger partial charge < -0.3 is 4.74 Å². The van der Waals surface area contributed by atoms with Crippen LogP contribution < -0.4 is 0 Å². The fourth-order valence-corrected chi connectivity index (χ4v) is 9.33. The number of rotatable bonds is 0. The van der Waals surface area contributed by atoms with E-state index in [0.29, 0.717) is 24.0 Å². The second-order valence-corrected chi connectivity index (χ2v) is 11.0. The highest BCUT2D eigenvalue weighted by molar-refractivity contribution is 5.79. The van der Waals surface area contributed by atoms with Crippen LogP contribution in [0, 0.1) is 52.8 Å². The summed E-state index contributed by atoms with van der Waals surface area (Å²) in [6, 6.07) is 0. The van der Waals surface area contributed by atoms with Gasteiger partial charge in [-0.15, -0.1) is 0 Å². The van der Waals surface area contributed by atoms with Crippen LogP contribution in [0.2, 0.25) is 0 Å². The summed E-state index contributed by atoms with van der Waals surface area (Å²) in [6.07, 6.45) is 9.62. The zero-order valence-corrected chi connectivity index (χ0v) is 16.2. The Morgan fingerprint density at radius 3 is 2.54 bits per heavy atom. The summed E-state index contributed by atoms with van der Waals surface area (Å²) in [5.74, 6) is 6.72. The van der Waals surface area contributed by atoms with Crippen molar-refractivity contribution in [2.75, 3.05) is 0 Å². The molecule has 26 heavy (non-hydrogen) atoms. The summed E-state index contributed by atoms with van der Waals surface area (Å²) in [7, 11) is 0. The molecule has 0 aromatic carbocycles. The normalized spacial score (nSPS) is 60.1. The van der Waals surface area contributed by atoms with Gasteiger partial charge in [0.1, 0.15) is 11.4 Å². The van der Waals surface area contributed by atoms with Crippen molar-refractivity contribution in [2.24, 2.45) is 52.8 Å². The highest BCUT2D eigenvalue weighted by atomic mass is 16.6. The van der Waals surface area contributed by atoms with Crippen LogP contribution >= 0.6 is 0 Å². The van der Waals surface area contributed by atoms with Gasteiger partial charge in [-0.25, -0.2) is 0 Å². The first-order valence-electron chi connectivity index (χ1n) is 11.2. The number of ether oxygens (including phenoxy) is 1. The molecule has 0 aromatic heterocycles. The Labute approximate surface area is 156 Å². The van der Waals surface area contributed by atoms with Crippen molar-refractivity contribution in [3.8, 4) is 0 Å². The van der Waals surface area contributed by atoms with Crippen LogP contribution in [0.4, 0.5) is 0 Å². The first-order chi connectivity index (χ1) is 12.4. The fourth-order valence-electron chi connectivity index (χ4n) is 9.33. The molecule has 6 aliphatic rings. The molecule has 5 aliphatic carbocycles. The Morgan fingerprint density at radius 2 is 1.77 bits per heavy atom. The molecule has 6 fully saturated rings. The smallest absolute Gasteiger partial charge is 0.306 e. The van der Waals surface area contributed by atoms with Gasteiger partial charge in [0.05, 0.1) is 0 Å². The molecule has 0 aromatic rings. The Balaban J connectivity index is 1.36. The molecule has 3 nitrogen and oxygen atoms in total. The van der Waals surface area contributed by atoms with E-state index in [4.69, 9.17) is 4.74 Å². The molecule has 0 N–H and O–H groups in total. The van der Waals surface area contributed by atoms with E-state index in [2.05, 4.69) is 13.8 Å². The monoisotopic (exact) mass is 356 g/mol. The van der Waals surface area contributed by atoms with Gasteiger partial charge in [-0.2, -0.15) is 0 Å². The quantitative estimate of drug-likeness (QED) is 0.605. The zero-order chi connectivity index (χ0) is 17.8. The molecule has 1 spiro atoms. The van der Waals surface area contributed by atoms with E-state index in [1.807, 2.05) is 0 Å². The minimum atomic E-state index is -0.177. The number of hydrogen-bond acceptors (Lipinski definition) is 3. The third-order valence-corrected chi connectivity index (χ3v) is 10.4. The average Bonchev–Trinajstić information content (AvgIpc) is 3.26. The summed E-state index contributed by atoms with van der Waals surface area (Å²) in [5.41, 5.74) is 0.00763. The first kappa shape index (κ1) is 16.1. The van der Waals surface area contributed by atoms with Crippen LogP contribution in [0.25, 0.3) is 0 Å². The molecular formula is C23H32O3. The Hall–Kier alpha value is -0.860. The third kappa shape index (κ3) is 1.77. The predicted molar refractivity (Wildman–Crippen MR) is 97.1 cm³/mol. The largest absolute Gasteiger partial charge is 0.458 e. The number of hydrogen-bond donors (Lipinski definition) is 0. The highest BCUT2D eigenvalue weighted by Crippen LogP contribution is 2.74. The van der Waals surface area contributed by atoms with Crippen molar-refractivity contribution in [1.82, 2.24) is 0 Å². The van der Waals surface area contributed by atoms with E-state index in [9.17, 15) is 9.59 Å². The lowest BCUT2D eigenvalue weighted by Crippen LogP contribution is -2.55. The Morgan fingerprint density at radius 1 is 0.923 bits per heavy atom. The average molecular weight is 357 g/mol. The molecule has 0 radical (unpaired) electrons. The van der Waals surface area contributed by atoms with E-state index in [0.717, 1.165) is 61.2 Å². The number of carbonyl (C=O) groups is 2. The van der Waals surface area contributed by atoms with Crippen molar-refractivity contribution in [2.45, 2.75) is 77.2 Å². The SMILES string of the molecule is C[C@@H]1CC2C3C(CCC2(C)C12CCC(=O)O2)C1CCC(=O)CC1C1C[C@@H]13. The third-order valence-electron chi connectivity index (χ3n) is 10.4. The molecule has 5 saturated carbocycles. The molecule has 6 rings (SSSR count).